The molecule has 0 radical (unpaired) electrons. The number of piperidine rings is 1. The zero-order valence-electron chi connectivity index (χ0n) is 18.3. The highest BCUT2D eigenvalue weighted by atomic mass is 19.1. The summed E-state index contributed by atoms with van der Waals surface area (Å²) in [5.74, 6) is -2.45. The number of rotatable bonds is 3. The van der Waals surface area contributed by atoms with Gasteiger partial charge in [-0.05, 0) is 48.6 Å². The lowest BCUT2D eigenvalue weighted by Gasteiger charge is -2.37. The molecule has 8 heteroatoms. The highest BCUT2D eigenvalue weighted by molar-refractivity contribution is 5.95. The van der Waals surface area contributed by atoms with Crippen molar-refractivity contribution in [3.63, 3.8) is 0 Å². The maximum atomic E-state index is 14.7. The minimum Gasteiger partial charge on any atom is -0.342 e. The van der Waals surface area contributed by atoms with Gasteiger partial charge in [0.2, 0.25) is 0 Å². The normalized spacial score (nSPS) is 23.9. The monoisotopic (exact) mass is 458 g/mol. The summed E-state index contributed by atoms with van der Waals surface area (Å²) in [6.45, 7) is 2.36. The van der Waals surface area contributed by atoms with E-state index in [0.717, 1.165) is 6.07 Å². The third-order valence-corrected chi connectivity index (χ3v) is 7.14. The molecule has 174 valence electrons. The average Bonchev–Trinajstić information content (AvgIpc) is 3.31. The Kier molecular flexibility index (Phi) is 5.43. The van der Waals surface area contributed by atoms with Crippen LogP contribution in [0.3, 0.4) is 0 Å². The molecule has 2 amide bonds. The summed E-state index contributed by atoms with van der Waals surface area (Å²) in [6, 6.07) is 7.70. The van der Waals surface area contributed by atoms with Crippen LogP contribution in [0.2, 0.25) is 0 Å². The fourth-order valence-corrected chi connectivity index (χ4v) is 5.40. The predicted molar refractivity (Wildman–Crippen MR) is 114 cm³/mol. The molecule has 3 aliphatic heterocycles. The first-order valence-corrected chi connectivity index (χ1v) is 11.4. The van der Waals surface area contributed by atoms with E-state index in [1.165, 1.54) is 18.2 Å². The molecule has 0 aromatic heterocycles. The van der Waals surface area contributed by atoms with Crippen molar-refractivity contribution in [3.8, 4) is 0 Å². The number of halogens is 3. The molecule has 0 N–H and O–H groups in total. The third kappa shape index (κ3) is 3.60. The topological polar surface area (TPSA) is 49.9 Å². The number of amides is 2. The van der Waals surface area contributed by atoms with Gasteiger partial charge in [-0.15, -0.1) is 0 Å². The lowest BCUT2D eigenvalue weighted by atomic mass is 9.89. The molecule has 2 aromatic rings. The highest BCUT2D eigenvalue weighted by Gasteiger charge is 2.58. The Morgan fingerprint density at radius 3 is 2.45 bits per heavy atom. The average molecular weight is 458 g/mol. The van der Waals surface area contributed by atoms with Crippen LogP contribution < -0.4 is 0 Å². The van der Waals surface area contributed by atoms with E-state index in [0.29, 0.717) is 43.2 Å². The van der Waals surface area contributed by atoms with Crippen LogP contribution in [-0.2, 0) is 16.0 Å². The van der Waals surface area contributed by atoms with Crippen molar-refractivity contribution >= 4 is 11.8 Å². The summed E-state index contributed by atoms with van der Waals surface area (Å²) in [4.78, 5) is 29.6. The van der Waals surface area contributed by atoms with E-state index in [4.69, 9.17) is 4.74 Å². The first-order chi connectivity index (χ1) is 15.8. The first kappa shape index (κ1) is 21.9. The Morgan fingerprint density at radius 1 is 1.09 bits per heavy atom. The number of carbonyl (C=O) groups is 2. The molecule has 0 saturated carbocycles. The van der Waals surface area contributed by atoms with Crippen molar-refractivity contribution in [1.82, 2.24) is 9.80 Å². The Morgan fingerprint density at radius 2 is 1.79 bits per heavy atom. The van der Waals surface area contributed by atoms with Gasteiger partial charge in [-0.3, -0.25) is 9.59 Å². The van der Waals surface area contributed by atoms with Gasteiger partial charge >= 0.3 is 0 Å². The molecule has 2 unspecified atom stereocenters. The van der Waals surface area contributed by atoms with Gasteiger partial charge in [0.05, 0.1) is 11.6 Å². The number of hydrogen-bond donors (Lipinski definition) is 0. The van der Waals surface area contributed by atoms with Crippen molar-refractivity contribution in [2.45, 2.75) is 56.9 Å². The standard InChI is InChI=1S/C25H25F3N2O3/c1-2-15-4-3-5-19(22(15)28)23(31)29-10-8-25(9-11-29)24(32)30-20(6-7-21(30)33-25)16-12-17(26)14-18(27)13-16/h3-5,12-14,20-21H,2,6-11H2,1H3. The predicted octanol–water partition coefficient (Wildman–Crippen LogP) is 4.36. The molecule has 2 atom stereocenters. The Bertz CT molecular complexity index is 1090. The van der Waals surface area contributed by atoms with E-state index in [1.54, 1.807) is 21.9 Å². The van der Waals surface area contributed by atoms with E-state index >= 15 is 0 Å². The number of likely N-dealkylation sites (tertiary alicyclic amines) is 1. The maximum Gasteiger partial charge on any atom is 0.257 e. The molecule has 3 heterocycles. The minimum absolute atomic E-state index is 0.0396. The molecule has 3 saturated heterocycles. The Labute approximate surface area is 190 Å². The Balaban J connectivity index is 1.32. The number of fused-ring (bicyclic) bond motifs is 1. The minimum atomic E-state index is -1.06. The van der Waals surface area contributed by atoms with E-state index < -0.39 is 41.2 Å². The van der Waals surface area contributed by atoms with Crippen LogP contribution in [0, 0.1) is 17.5 Å². The molecule has 1 spiro atoms. The van der Waals surface area contributed by atoms with Crippen LogP contribution in [0.4, 0.5) is 13.2 Å². The van der Waals surface area contributed by atoms with Crippen LogP contribution in [-0.4, -0.2) is 46.5 Å². The molecule has 2 aromatic carbocycles. The highest BCUT2D eigenvalue weighted by Crippen LogP contribution is 2.47. The fourth-order valence-electron chi connectivity index (χ4n) is 5.40. The van der Waals surface area contributed by atoms with Crippen LogP contribution in [0.25, 0.3) is 0 Å². The third-order valence-electron chi connectivity index (χ3n) is 7.14. The van der Waals surface area contributed by atoms with Gasteiger partial charge in [0.1, 0.15) is 23.7 Å². The van der Waals surface area contributed by atoms with Gasteiger partial charge in [-0.1, -0.05) is 19.1 Å². The van der Waals surface area contributed by atoms with E-state index in [1.807, 2.05) is 6.92 Å². The molecule has 0 bridgehead atoms. The molecule has 0 aliphatic carbocycles. The van der Waals surface area contributed by atoms with E-state index in [-0.39, 0.29) is 24.6 Å². The van der Waals surface area contributed by atoms with Crippen molar-refractivity contribution in [2.75, 3.05) is 13.1 Å². The molecule has 5 rings (SSSR count). The van der Waals surface area contributed by atoms with Crippen LogP contribution in [0.5, 0.6) is 0 Å². The second-order valence-electron chi connectivity index (χ2n) is 9.00. The second kappa shape index (κ2) is 8.17. The number of nitrogens with zero attached hydrogens (tertiary/aromatic N) is 2. The van der Waals surface area contributed by atoms with Crippen LogP contribution >= 0.6 is 0 Å². The number of aryl methyl sites for hydroxylation is 1. The molecular weight excluding hydrogens is 433 g/mol. The van der Waals surface area contributed by atoms with Gasteiger partial charge in [0, 0.05) is 32.0 Å². The smallest absolute Gasteiger partial charge is 0.257 e. The van der Waals surface area contributed by atoms with Crippen molar-refractivity contribution in [1.29, 1.82) is 0 Å². The molecule has 5 nitrogen and oxygen atoms in total. The molecule has 3 fully saturated rings. The molecular formula is C25H25F3N2O3. The summed E-state index contributed by atoms with van der Waals surface area (Å²) in [6.07, 6.45) is 1.77. The Hall–Kier alpha value is -2.87. The van der Waals surface area contributed by atoms with Gasteiger partial charge < -0.3 is 14.5 Å². The van der Waals surface area contributed by atoms with Gasteiger partial charge in [-0.25, -0.2) is 13.2 Å². The fraction of sp³-hybridized carbons (Fsp3) is 0.440. The lowest BCUT2D eigenvalue weighted by Crippen LogP contribution is -2.51. The maximum absolute atomic E-state index is 14.7. The molecule has 3 aliphatic rings. The summed E-state index contributed by atoms with van der Waals surface area (Å²) < 4.78 is 48.4. The van der Waals surface area contributed by atoms with Crippen LogP contribution in [0.15, 0.2) is 36.4 Å². The second-order valence-corrected chi connectivity index (χ2v) is 9.00. The van der Waals surface area contributed by atoms with E-state index in [9.17, 15) is 22.8 Å². The number of ether oxygens (including phenoxy) is 1. The number of hydrogen-bond acceptors (Lipinski definition) is 3. The summed E-state index contributed by atoms with van der Waals surface area (Å²) in [7, 11) is 0. The zero-order chi connectivity index (χ0) is 23.3. The lowest BCUT2D eigenvalue weighted by molar-refractivity contribution is -0.142. The van der Waals surface area contributed by atoms with Gasteiger partial charge in [0.15, 0.2) is 5.60 Å². The SMILES string of the molecule is CCc1cccc(C(=O)N2CCC3(CC2)OC2CCC(c4cc(F)cc(F)c4)N2C3=O)c1F. The van der Waals surface area contributed by atoms with Crippen LogP contribution in [0.1, 0.15) is 60.1 Å². The largest absolute Gasteiger partial charge is 0.342 e. The zero-order valence-corrected chi connectivity index (χ0v) is 18.3. The quantitative estimate of drug-likeness (QED) is 0.687. The van der Waals surface area contributed by atoms with Crippen molar-refractivity contribution < 1.29 is 27.5 Å². The number of benzene rings is 2. The molecule has 33 heavy (non-hydrogen) atoms. The van der Waals surface area contributed by atoms with Gasteiger partial charge in [0.25, 0.3) is 11.8 Å². The van der Waals surface area contributed by atoms with Gasteiger partial charge in [-0.2, -0.15) is 0 Å². The summed E-state index contributed by atoms with van der Waals surface area (Å²) in [5.41, 5.74) is -0.111. The summed E-state index contributed by atoms with van der Waals surface area (Å²) in [5, 5.41) is 0. The van der Waals surface area contributed by atoms with E-state index in [2.05, 4.69) is 0 Å². The van der Waals surface area contributed by atoms with Crippen molar-refractivity contribution in [3.05, 3.63) is 70.5 Å². The number of carbonyl (C=O) groups excluding carboxylic acids is 2. The first-order valence-electron chi connectivity index (χ1n) is 11.4. The van der Waals surface area contributed by atoms with Crippen molar-refractivity contribution in [2.24, 2.45) is 0 Å². The summed E-state index contributed by atoms with van der Waals surface area (Å²) >= 11 is 0.